The maximum Gasteiger partial charge on any atom is 0.320 e. The lowest BCUT2D eigenvalue weighted by Gasteiger charge is -2.01. The molecule has 9 nitrogen and oxygen atoms in total. The number of unbranched alkanes of at least 4 members (excludes halogenated alkanes) is 2. The number of rotatable bonds is 10. The fraction of sp³-hybridized carbons (Fsp3) is 0.619. The summed E-state index contributed by atoms with van der Waals surface area (Å²) < 4.78 is 8.55. The number of hydrogen-bond acceptors (Lipinski definition) is 3. The second-order valence-corrected chi connectivity index (χ2v) is 7.22. The van der Waals surface area contributed by atoms with E-state index in [-0.39, 0.29) is 12.8 Å². The van der Waals surface area contributed by atoms with Crippen molar-refractivity contribution in [3.8, 4) is 0 Å². The van der Waals surface area contributed by atoms with Crippen LogP contribution in [0.1, 0.15) is 52.4 Å². The predicted molar refractivity (Wildman–Crippen MR) is 114 cm³/mol. The van der Waals surface area contributed by atoms with Gasteiger partial charge in [0.1, 0.15) is 30.8 Å². The van der Waals surface area contributed by atoms with Crippen molar-refractivity contribution in [1.29, 1.82) is 0 Å². The molecular formula is C21H39N5O4+2. The number of nitrogens with zero attached hydrogens (tertiary/aromatic N) is 4. The van der Waals surface area contributed by atoms with E-state index in [9.17, 15) is 9.59 Å². The van der Waals surface area contributed by atoms with E-state index in [1.165, 1.54) is 25.7 Å². The Balaban J connectivity index is 0.000000420. The molecule has 0 saturated heterocycles. The highest BCUT2D eigenvalue weighted by molar-refractivity contribution is 5.74. The van der Waals surface area contributed by atoms with Crippen LogP contribution in [0.15, 0.2) is 37.4 Å². The fourth-order valence-corrected chi connectivity index (χ4v) is 2.35. The van der Waals surface area contributed by atoms with Crippen LogP contribution < -0.4 is 14.9 Å². The van der Waals surface area contributed by atoms with Crippen LogP contribution in [-0.4, -0.2) is 37.3 Å². The summed E-state index contributed by atoms with van der Waals surface area (Å²) in [5.74, 6) is -2.20. The number of aromatic nitrogens is 4. The van der Waals surface area contributed by atoms with Gasteiger partial charge in [-0.15, -0.1) is 0 Å². The molecule has 0 radical (unpaired) electrons. The molecule has 2 aromatic rings. The first-order valence-corrected chi connectivity index (χ1v) is 10.4. The number of aryl methyl sites for hydroxylation is 4. The van der Waals surface area contributed by atoms with E-state index in [0.717, 1.165) is 13.1 Å². The summed E-state index contributed by atoms with van der Waals surface area (Å²) in [6.45, 7) is 6.72. The smallest absolute Gasteiger partial charge is 0.320 e. The van der Waals surface area contributed by atoms with Gasteiger partial charge in [0, 0.05) is 6.42 Å². The Kier molecular flexibility index (Phi) is 14.7. The molecule has 0 aliphatic rings. The molecule has 0 fully saturated rings. The first-order chi connectivity index (χ1) is 14.2. The Hall–Kier alpha value is -2.68. The average molecular weight is 426 g/mol. The lowest BCUT2D eigenvalue weighted by atomic mass is 10.2. The summed E-state index contributed by atoms with van der Waals surface area (Å²) in [5.41, 5.74) is 5.00. The van der Waals surface area contributed by atoms with Crippen molar-refractivity contribution in [3.05, 3.63) is 37.4 Å². The van der Waals surface area contributed by atoms with Gasteiger partial charge in [0.25, 0.3) is 0 Å². The first-order valence-electron chi connectivity index (χ1n) is 10.4. The number of carboxylic acids is 2. The third-order valence-electron chi connectivity index (χ3n) is 4.17. The molecule has 0 spiro atoms. The van der Waals surface area contributed by atoms with Crippen LogP contribution in [0.4, 0.5) is 0 Å². The highest BCUT2D eigenvalue weighted by Gasteiger charge is 2.12. The molecule has 0 bridgehead atoms. The maximum atomic E-state index is 9.99. The molecule has 9 heteroatoms. The van der Waals surface area contributed by atoms with E-state index in [1.54, 1.807) is 0 Å². The number of carboxylic acid groups (broad SMARTS) is 2. The normalized spacial score (nSPS) is 11.0. The van der Waals surface area contributed by atoms with Gasteiger partial charge in [-0.25, -0.2) is 18.3 Å². The van der Waals surface area contributed by atoms with Gasteiger partial charge < -0.3 is 15.9 Å². The van der Waals surface area contributed by atoms with Gasteiger partial charge in [0.05, 0.1) is 27.2 Å². The average Bonchev–Trinajstić information content (AvgIpc) is 3.31. The minimum Gasteiger partial charge on any atom is -0.481 e. The zero-order valence-corrected chi connectivity index (χ0v) is 18.8. The SMILES string of the molecule is CCCCn1cc[n+](C)c1.CCCCn1cc[n+](C)c1.N[C@@H](CCC(=O)O)C(=O)O. The monoisotopic (exact) mass is 425 g/mol. The second-order valence-electron chi connectivity index (χ2n) is 7.22. The number of imidazole rings is 2. The number of carbonyl (C=O) groups is 2. The van der Waals surface area contributed by atoms with Crippen molar-refractivity contribution in [3.63, 3.8) is 0 Å². The van der Waals surface area contributed by atoms with Gasteiger partial charge in [-0.3, -0.25) is 9.59 Å². The Morgan fingerprint density at radius 1 is 0.933 bits per heavy atom. The van der Waals surface area contributed by atoms with Gasteiger partial charge in [0.15, 0.2) is 0 Å². The summed E-state index contributed by atoms with van der Waals surface area (Å²) in [7, 11) is 4.09. The molecule has 170 valence electrons. The predicted octanol–water partition coefficient (Wildman–Crippen LogP) is 1.49. The first kappa shape index (κ1) is 27.3. The largest absolute Gasteiger partial charge is 0.481 e. The van der Waals surface area contributed by atoms with Crippen LogP contribution in [0.25, 0.3) is 0 Å². The molecule has 0 aliphatic heterocycles. The minimum absolute atomic E-state index is 0.0231. The molecule has 1 atom stereocenters. The van der Waals surface area contributed by atoms with Crippen LogP contribution in [0.2, 0.25) is 0 Å². The molecule has 2 aromatic heterocycles. The molecule has 0 amide bonds. The summed E-state index contributed by atoms with van der Waals surface area (Å²) in [4.78, 5) is 19.9. The number of nitrogens with two attached hydrogens (primary N) is 1. The molecular weight excluding hydrogens is 386 g/mol. The molecule has 0 saturated carbocycles. The van der Waals surface area contributed by atoms with Crippen LogP contribution >= 0.6 is 0 Å². The lowest BCUT2D eigenvalue weighted by Crippen LogP contribution is -2.30. The molecule has 0 aromatic carbocycles. The van der Waals surface area contributed by atoms with Crippen LogP contribution in [-0.2, 0) is 36.8 Å². The third kappa shape index (κ3) is 14.3. The quantitative estimate of drug-likeness (QED) is 0.499. The standard InChI is InChI=1S/2C8H15N2.C5H9NO4/c2*1-3-4-5-10-7-6-9(2)8-10;6-3(5(9)10)1-2-4(7)8/h2*6-8H,3-5H2,1-2H3;3H,1-2,6H2,(H,7,8)(H,9,10)/q2*+1;/t;;3-/m..0/s1. The van der Waals surface area contributed by atoms with Gasteiger partial charge in [-0.2, -0.15) is 0 Å². The molecule has 2 rings (SSSR count). The van der Waals surface area contributed by atoms with Crippen molar-refractivity contribution in [2.24, 2.45) is 19.8 Å². The fourth-order valence-electron chi connectivity index (χ4n) is 2.35. The van der Waals surface area contributed by atoms with Crippen LogP contribution in [0.5, 0.6) is 0 Å². The number of aliphatic carboxylic acids is 2. The zero-order valence-electron chi connectivity index (χ0n) is 18.8. The summed E-state index contributed by atoms with van der Waals surface area (Å²) in [6.07, 6.45) is 17.4. The van der Waals surface area contributed by atoms with Crippen molar-refractivity contribution in [1.82, 2.24) is 9.13 Å². The second kappa shape index (κ2) is 16.2. The van der Waals surface area contributed by atoms with Crippen molar-refractivity contribution in [2.45, 2.75) is 71.5 Å². The van der Waals surface area contributed by atoms with Gasteiger partial charge in [0.2, 0.25) is 12.7 Å². The Morgan fingerprint density at radius 3 is 1.63 bits per heavy atom. The Bertz CT molecular complexity index is 682. The summed E-state index contributed by atoms with van der Waals surface area (Å²) >= 11 is 0. The molecule has 0 unspecified atom stereocenters. The molecule has 0 aliphatic carbocycles. The van der Waals surface area contributed by atoms with Crippen LogP contribution in [0.3, 0.4) is 0 Å². The van der Waals surface area contributed by atoms with E-state index in [0.29, 0.717) is 0 Å². The van der Waals surface area contributed by atoms with Crippen molar-refractivity contribution < 1.29 is 28.9 Å². The highest BCUT2D eigenvalue weighted by Crippen LogP contribution is 1.94. The summed E-state index contributed by atoms with van der Waals surface area (Å²) in [6, 6.07) is -1.06. The minimum atomic E-state index is -1.17. The van der Waals surface area contributed by atoms with E-state index >= 15 is 0 Å². The van der Waals surface area contributed by atoms with Gasteiger partial charge >= 0.3 is 11.9 Å². The van der Waals surface area contributed by atoms with E-state index in [4.69, 9.17) is 15.9 Å². The Labute approximate surface area is 179 Å². The molecule has 4 N–H and O–H groups in total. The number of hydrogen-bond donors (Lipinski definition) is 3. The summed E-state index contributed by atoms with van der Waals surface area (Å²) in [5, 5.41) is 16.3. The zero-order chi connectivity index (χ0) is 22.9. The Morgan fingerprint density at radius 2 is 1.37 bits per heavy atom. The van der Waals surface area contributed by atoms with Crippen LogP contribution in [0, 0.1) is 0 Å². The highest BCUT2D eigenvalue weighted by atomic mass is 16.4. The van der Waals surface area contributed by atoms with E-state index in [2.05, 4.69) is 69.6 Å². The molecule has 30 heavy (non-hydrogen) atoms. The van der Waals surface area contributed by atoms with Crippen molar-refractivity contribution in [2.75, 3.05) is 0 Å². The van der Waals surface area contributed by atoms with E-state index in [1.807, 2.05) is 14.1 Å². The lowest BCUT2D eigenvalue weighted by molar-refractivity contribution is -0.671. The molecule has 2 heterocycles. The van der Waals surface area contributed by atoms with Crippen molar-refractivity contribution >= 4 is 11.9 Å². The topological polar surface area (TPSA) is 118 Å². The van der Waals surface area contributed by atoms with Gasteiger partial charge in [-0.05, 0) is 19.3 Å². The maximum absolute atomic E-state index is 9.99. The van der Waals surface area contributed by atoms with E-state index < -0.39 is 18.0 Å². The third-order valence-corrected chi connectivity index (χ3v) is 4.17. The van der Waals surface area contributed by atoms with Gasteiger partial charge in [-0.1, -0.05) is 26.7 Å².